The molecule has 1 aliphatic carbocycles. The average Bonchev–Trinajstić information content (AvgIpc) is 3.20. The monoisotopic (exact) mass is 547 g/mol. The van der Waals surface area contributed by atoms with Gasteiger partial charge in [-0.05, 0) is 54.0 Å². The molecule has 3 N–H and O–H groups in total. The number of allylic oxidation sites excluding steroid dienone is 2. The molecule has 3 heterocycles. The van der Waals surface area contributed by atoms with Gasteiger partial charge in [-0.2, -0.15) is 4.99 Å². The number of ether oxygens (including phenoxy) is 2. The van der Waals surface area contributed by atoms with Gasteiger partial charge in [0.15, 0.2) is 0 Å². The van der Waals surface area contributed by atoms with Crippen molar-refractivity contribution in [2.45, 2.75) is 25.7 Å². The third-order valence-electron chi connectivity index (χ3n) is 7.71. The van der Waals surface area contributed by atoms with Crippen LogP contribution in [0.4, 0.5) is 13.6 Å². The summed E-state index contributed by atoms with van der Waals surface area (Å²) < 4.78 is 42.4. The van der Waals surface area contributed by atoms with Gasteiger partial charge in [0.1, 0.15) is 11.6 Å². The van der Waals surface area contributed by atoms with Crippen molar-refractivity contribution in [3.8, 4) is 0 Å². The molecule has 3 aliphatic rings. The van der Waals surface area contributed by atoms with E-state index in [1.54, 1.807) is 12.1 Å². The summed E-state index contributed by atoms with van der Waals surface area (Å²) in [5, 5.41) is 0. The minimum absolute atomic E-state index is 0.00201. The number of carbonyl (C=O) groups excluding carboxylic acids is 1. The van der Waals surface area contributed by atoms with Crippen LogP contribution in [0.3, 0.4) is 0 Å². The van der Waals surface area contributed by atoms with Crippen LogP contribution in [0.2, 0.25) is 0 Å². The molecule has 1 fully saturated rings. The van der Waals surface area contributed by atoms with E-state index in [4.69, 9.17) is 15.2 Å². The maximum Gasteiger partial charge on any atom is 0.341 e. The molecule has 0 saturated carbocycles. The van der Waals surface area contributed by atoms with Crippen molar-refractivity contribution in [3.05, 3.63) is 88.6 Å². The Balaban J connectivity index is 1.44. The van der Waals surface area contributed by atoms with Crippen LogP contribution in [-0.2, 0) is 16.1 Å². The molecule has 208 valence electrons. The summed E-state index contributed by atoms with van der Waals surface area (Å²) in [6.45, 7) is 5.96. The number of hydrogen-bond donors (Lipinski definition) is 2. The Morgan fingerprint density at radius 2 is 2.08 bits per heavy atom. The van der Waals surface area contributed by atoms with Crippen LogP contribution >= 0.6 is 0 Å². The highest BCUT2D eigenvalue weighted by Gasteiger charge is 2.31. The number of carbonyl (C=O) groups is 1. The smallest absolute Gasteiger partial charge is 0.341 e. The summed E-state index contributed by atoms with van der Waals surface area (Å²) in [5.41, 5.74) is 10.3. The molecule has 0 spiro atoms. The number of imidazole rings is 1. The number of fused-ring (bicyclic) bond motifs is 3. The lowest BCUT2D eigenvalue weighted by Gasteiger charge is -2.29. The van der Waals surface area contributed by atoms with Crippen LogP contribution in [0.15, 0.2) is 65.4 Å². The molecule has 1 aromatic heterocycles. The molecule has 2 unspecified atom stereocenters. The van der Waals surface area contributed by atoms with E-state index in [2.05, 4.69) is 21.8 Å². The highest BCUT2D eigenvalue weighted by Crippen LogP contribution is 2.40. The van der Waals surface area contributed by atoms with E-state index in [0.717, 1.165) is 47.4 Å². The quantitative estimate of drug-likeness (QED) is 0.504. The van der Waals surface area contributed by atoms with E-state index in [0.29, 0.717) is 24.4 Å². The number of nitrogens with zero attached hydrogens (tertiary/aromatic N) is 3. The summed E-state index contributed by atoms with van der Waals surface area (Å²) >= 11 is 0. The minimum Gasteiger partial charge on any atom is -0.379 e. The van der Waals surface area contributed by atoms with Crippen LogP contribution in [0, 0.1) is 11.7 Å². The topological polar surface area (TPSA) is 97.9 Å². The van der Waals surface area contributed by atoms with Crippen molar-refractivity contribution in [3.63, 3.8) is 0 Å². The maximum absolute atomic E-state index is 14.8. The molecule has 2 amide bonds. The number of hydrogen-bond acceptors (Lipinski definition) is 4. The zero-order valence-corrected chi connectivity index (χ0v) is 22.1. The Morgan fingerprint density at radius 1 is 1.25 bits per heavy atom. The van der Waals surface area contributed by atoms with E-state index >= 15 is 0 Å². The Kier molecular flexibility index (Phi) is 7.22. The second-order valence-corrected chi connectivity index (χ2v) is 10.4. The molecule has 2 aliphatic heterocycles. The van der Waals surface area contributed by atoms with E-state index in [9.17, 15) is 13.6 Å². The summed E-state index contributed by atoms with van der Waals surface area (Å²) in [6, 6.07) is 10.1. The molecular formula is C30H31F2N5O3. The first-order chi connectivity index (χ1) is 19.4. The number of nitrogens with one attached hydrogen (secondary N) is 1. The lowest BCUT2D eigenvalue weighted by Crippen LogP contribution is -2.40. The van der Waals surface area contributed by atoms with Crippen LogP contribution in [0.25, 0.3) is 22.7 Å². The highest BCUT2D eigenvalue weighted by atomic mass is 19.1. The van der Waals surface area contributed by atoms with Crippen molar-refractivity contribution >= 4 is 28.7 Å². The number of aromatic amines is 1. The standard InChI is InChI=1S/C30H31F2N5O3/c1-18(16-36-9-11-39-12-10-36)37-27-8-5-19(14-26(27)34-30(37)35-29(33)38)13-23-21-3-2-4-25(32)24(21)17-40-28-15-20(31)6-7-22(23)28/h2-8,13-15,18,22,28H,9-12,16-17H2,1H3,(H3,33,34,35,38)/b23-13+/t18-,22?,28?/m1/s1. The lowest BCUT2D eigenvalue weighted by molar-refractivity contribution is 0.0326. The fraction of sp³-hybridized carbons (Fsp3) is 0.333. The van der Waals surface area contributed by atoms with E-state index in [-0.39, 0.29) is 30.2 Å². The number of rotatable bonds is 4. The van der Waals surface area contributed by atoms with Gasteiger partial charge in [0.25, 0.3) is 0 Å². The molecule has 10 heteroatoms. The first-order valence-electron chi connectivity index (χ1n) is 13.4. The number of benzene rings is 2. The number of nitrogens with two attached hydrogens (primary N) is 1. The second-order valence-electron chi connectivity index (χ2n) is 10.4. The fourth-order valence-electron chi connectivity index (χ4n) is 5.86. The lowest BCUT2D eigenvalue weighted by atomic mass is 9.83. The van der Waals surface area contributed by atoms with Crippen LogP contribution in [0.5, 0.6) is 0 Å². The molecular weight excluding hydrogens is 516 g/mol. The predicted molar refractivity (Wildman–Crippen MR) is 148 cm³/mol. The first kappa shape index (κ1) is 26.4. The summed E-state index contributed by atoms with van der Waals surface area (Å²) in [6.07, 6.45) is 6.06. The molecule has 2 aromatic carbocycles. The largest absolute Gasteiger partial charge is 0.379 e. The SMILES string of the molecule is C[C@H](CN1CCOCC1)n1/c(=N/C(N)=O)[nH]c2cc(/C=C3\c4cccc(F)c4COC4C=C(F)C=CC34)ccc21. The summed E-state index contributed by atoms with van der Waals surface area (Å²) in [7, 11) is 0. The highest BCUT2D eigenvalue weighted by molar-refractivity contribution is 5.88. The van der Waals surface area contributed by atoms with E-state index in [1.807, 2.05) is 34.9 Å². The number of primary amides is 1. The third-order valence-corrected chi connectivity index (χ3v) is 7.71. The number of halogens is 2. The van der Waals surface area contributed by atoms with Gasteiger partial charge in [-0.3, -0.25) is 4.90 Å². The molecule has 6 rings (SSSR count). The Bertz CT molecular complexity index is 1610. The fourth-order valence-corrected chi connectivity index (χ4v) is 5.86. The van der Waals surface area contributed by atoms with Gasteiger partial charge in [-0.25, -0.2) is 13.6 Å². The Labute approximate surface area is 230 Å². The maximum atomic E-state index is 14.8. The predicted octanol–water partition coefficient (Wildman–Crippen LogP) is 4.46. The molecule has 3 aromatic rings. The van der Waals surface area contributed by atoms with Gasteiger partial charge in [-0.15, -0.1) is 0 Å². The molecule has 1 saturated heterocycles. The van der Waals surface area contributed by atoms with Crippen molar-refractivity contribution in [2.24, 2.45) is 16.6 Å². The normalized spacial score (nSPS) is 23.5. The molecule has 0 radical (unpaired) electrons. The zero-order chi connectivity index (χ0) is 27.8. The first-order valence-corrected chi connectivity index (χ1v) is 13.4. The second kappa shape index (κ2) is 11.0. The average molecular weight is 548 g/mol. The van der Waals surface area contributed by atoms with E-state index in [1.165, 1.54) is 18.2 Å². The molecule has 8 nitrogen and oxygen atoms in total. The summed E-state index contributed by atoms with van der Waals surface area (Å²) in [5.74, 6) is -1.02. The van der Waals surface area contributed by atoms with Gasteiger partial charge in [-0.1, -0.05) is 30.4 Å². The Morgan fingerprint density at radius 3 is 2.88 bits per heavy atom. The number of morpholine rings is 1. The van der Waals surface area contributed by atoms with Crippen LogP contribution < -0.4 is 11.4 Å². The van der Waals surface area contributed by atoms with Crippen LogP contribution in [0.1, 0.15) is 29.7 Å². The van der Waals surface area contributed by atoms with Crippen molar-refractivity contribution in [1.29, 1.82) is 0 Å². The zero-order valence-electron chi connectivity index (χ0n) is 22.1. The van der Waals surface area contributed by atoms with Gasteiger partial charge in [0, 0.05) is 37.2 Å². The summed E-state index contributed by atoms with van der Waals surface area (Å²) in [4.78, 5) is 21.4. The van der Waals surface area contributed by atoms with Crippen molar-refractivity contribution in [2.75, 3.05) is 32.8 Å². The van der Waals surface area contributed by atoms with Gasteiger partial charge >= 0.3 is 6.03 Å². The molecule has 3 atom stereocenters. The van der Waals surface area contributed by atoms with Gasteiger partial charge < -0.3 is 24.8 Å². The third kappa shape index (κ3) is 5.17. The Hall–Kier alpha value is -3.86. The van der Waals surface area contributed by atoms with Crippen molar-refractivity contribution < 1.29 is 23.0 Å². The van der Waals surface area contributed by atoms with Gasteiger partial charge in [0.05, 0.1) is 37.0 Å². The van der Waals surface area contributed by atoms with Gasteiger partial charge in [0.2, 0.25) is 5.62 Å². The van der Waals surface area contributed by atoms with E-state index < -0.39 is 12.1 Å². The number of aromatic nitrogens is 2. The number of H-pyrrole nitrogens is 1. The van der Waals surface area contributed by atoms with Crippen molar-refractivity contribution in [1.82, 2.24) is 14.5 Å². The molecule has 0 bridgehead atoms. The minimum atomic E-state index is -0.784. The number of urea groups is 1. The molecule has 40 heavy (non-hydrogen) atoms. The van der Waals surface area contributed by atoms with Crippen LogP contribution in [-0.4, -0.2) is 59.4 Å². The number of amides is 2.